The monoisotopic (exact) mass is 673 g/mol. The van der Waals surface area contributed by atoms with Crippen LogP contribution in [-0.2, 0) is 25.2 Å². The van der Waals surface area contributed by atoms with Gasteiger partial charge in [-0.3, -0.25) is 25.1 Å². The third kappa shape index (κ3) is 6.43. The highest BCUT2D eigenvalue weighted by Gasteiger charge is 2.56. The first-order chi connectivity index (χ1) is 22.0. The van der Waals surface area contributed by atoms with Crippen LogP contribution in [0.1, 0.15) is 5.56 Å². The Morgan fingerprint density at radius 2 is 1.28 bits per heavy atom. The van der Waals surface area contributed by atoms with Crippen LogP contribution in [0.25, 0.3) is 0 Å². The van der Waals surface area contributed by atoms with Crippen LogP contribution in [0, 0.1) is 0 Å². The number of nitrogens with one attached hydrogen (secondary N) is 3. The summed E-state index contributed by atoms with van der Waals surface area (Å²) < 4.78 is 33.7. The van der Waals surface area contributed by atoms with E-state index in [0.717, 1.165) is 0 Å². The van der Waals surface area contributed by atoms with Gasteiger partial charge in [-0.05, 0) is 66.2 Å². The van der Waals surface area contributed by atoms with Crippen molar-refractivity contribution >= 4 is 45.2 Å². The van der Waals surface area contributed by atoms with E-state index in [-0.39, 0.29) is 18.0 Å². The number of nitrogens with zero attached hydrogens (tertiary/aromatic N) is 2. The first kappa shape index (κ1) is 33.3. The zero-order valence-corrected chi connectivity index (χ0v) is 25.9. The van der Waals surface area contributed by atoms with Gasteiger partial charge in [0.2, 0.25) is 15.6 Å². The van der Waals surface area contributed by atoms with E-state index in [1.165, 1.54) is 12.1 Å². The maximum Gasteiger partial charge on any atom is 0.328 e. The average molecular weight is 674 g/mol. The zero-order valence-electron chi connectivity index (χ0n) is 24.3. The van der Waals surface area contributed by atoms with Crippen molar-refractivity contribution in [3.63, 3.8) is 0 Å². The number of halogens is 1. The number of benzene rings is 3. The standard InChI is InChI=1S/C30H32ClN5O9S/c31-21-3-9-24(10-4-21)45-23-7-1-20(2-8-23)30(26(40)32-28(42)33-27(30)41)36-15-13-35(14-16-36)22-5-11-25(12-6-22)46(43,44)34-29(17-37,18-38)19-39/h1-12,34,37-39H,13-19H2,(H2,32,33,40,41,42). The number of imide groups is 2. The number of ether oxygens (including phenoxy) is 1. The quantitative estimate of drug-likeness (QED) is 0.155. The van der Waals surface area contributed by atoms with Crippen molar-refractivity contribution in [2.24, 2.45) is 0 Å². The molecule has 0 atom stereocenters. The second-order valence-corrected chi connectivity index (χ2v) is 13.0. The Balaban J connectivity index is 1.34. The lowest BCUT2D eigenvalue weighted by Crippen LogP contribution is -2.73. The maximum absolute atomic E-state index is 13.5. The molecule has 2 fully saturated rings. The van der Waals surface area contributed by atoms with Gasteiger partial charge in [-0.2, -0.15) is 4.72 Å². The van der Waals surface area contributed by atoms with Gasteiger partial charge in [0.15, 0.2) is 0 Å². The molecule has 2 aliphatic heterocycles. The number of aliphatic hydroxyl groups is 3. The highest BCUT2D eigenvalue weighted by Crippen LogP contribution is 2.35. The molecule has 0 unspecified atom stereocenters. The fraction of sp³-hybridized carbons (Fsp3) is 0.300. The van der Waals surface area contributed by atoms with E-state index < -0.39 is 58.8 Å². The summed E-state index contributed by atoms with van der Waals surface area (Å²) >= 11 is 5.94. The summed E-state index contributed by atoms with van der Waals surface area (Å²) in [6, 6.07) is 18.1. The zero-order chi connectivity index (χ0) is 33.1. The molecule has 14 nitrogen and oxygen atoms in total. The van der Waals surface area contributed by atoms with Gasteiger partial charge in [0.1, 0.15) is 17.0 Å². The molecule has 2 aliphatic rings. The number of carbonyl (C=O) groups is 3. The molecule has 0 bridgehead atoms. The molecule has 6 N–H and O–H groups in total. The molecule has 2 saturated heterocycles. The lowest BCUT2D eigenvalue weighted by Gasteiger charge is -2.47. The molecule has 4 amide bonds. The second kappa shape index (κ2) is 13.3. The van der Waals surface area contributed by atoms with Crippen LogP contribution < -0.4 is 25.0 Å². The number of hydrogen-bond acceptors (Lipinski definition) is 11. The maximum atomic E-state index is 13.5. The highest BCUT2D eigenvalue weighted by molar-refractivity contribution is 7.89. The third-order valence-corrected chi connectivity index (χ3v) is 9.80. The van der Waals surface area contributed by atoms with E-state index in [4.69, 9.17) is 16.3 Å². The Kier molecular flexibility index (Phi) is 9.65. The molecule has 16 heteroatoms. The molecule has 3 aromatic rings. The SMILES string of the molecule is O=C1NC(=O)C(c2ccc(Oc3ccc(Cl)cc3)cc2)(N2CCN(c3ccc(S(=O)(=O)NC(CO)(CO)CO)cc3)CC2)C(=O)N1. The van der Waals surface area contributed by atoms with Gasteiger partial charge in [-0.25, -0.2) is 13.2 Å². The van der Waals surface area contributed by atoms with Crippen molar-refractivity contribution in [3.8, 4) is 11.5 Å². The molecule has 3 aromatic carbocycles. The summed E-state index contributed by atoms with van der Waals surface area (Å²) in [5.41, 5.74) is -2.67. The van der Waals surface area contributed by atoms with Crippen LogP contribution in [0.4, 0.5) is 10.5 Å². The number of anilines is 1. The Hall–Kier alpha value is -4.09. The van der Waals surface area contributed by atoms with Crippen molar-refractivity contribution in [2.75, 3.05) is 50.9 Å². The van der Waals surface area contributed by atoms with Gasteiger partial charge in [0.05, 0.1) is 24.7 Å². The van der Waals surface area contributed by atoms with E-state index in [2.05, 4.69) is 15.4 Å². The molecule has 5 rings (SSSR count). The van der Waals surface area contributed by atoms with Crippen LogP contribution in [-0.4, -0.2) is 98.0 Å². The van der Waals surface area contributed by atoms with E-state index in [1.807, 2.05) is 4.90 Å². The minimum Gasteiger partial charge on any atom is -0.457 e. The summed E-state index contributed by atoms with van der Waals surface area (Å²) in [6.07, 6.45) is 0. The summed E-state index contributed by atoms with van der Waals surface area (Å²) in [7, 11) is -4.19. The molecule has 0 radical (unpaired) electrons. The van der Waals surface area contributed by atoms with Crippen molar-refractivity contribution in [3.05, 3.63) is 83.4 Å². The summed E-state index contributed by atoms with van der Waals surface area (Å²) in [4.78, 5) is 42.5. The number of rotatable bonds is 11. The lowest BCUT2D eigenvalue weighted by molar-refractivity contribution is -0.149. The van der Waals surface area contributed by atoms with Gasteiger partial charge in [-0.1, -0.05) is 23.7 Å². The molecular formula is C30H32ClN5O9S. The van der Waals surface area contributed by atoms with E-state index in [1.54, 1.807) is 65.6 Å². The average Bonchev–Trinajstić information content (AvgIpc) is 3.06. The third-order valence-electron chi connectivity index (χ3n) is 7.96. The predicted octanol–water partition coefficient (Wildman–Crippen LogP) is 0.510. The number of carbonyl (C=O) groups excluding carboxylic acids is 3. The number of urea groups is 1. The number of aliphatic hydroxyl groups excluding tert-OH is 3. The van der Waals surface area contributed by atoms with Crippen LogP contribution in [0.3, 0.4) is 0 Å². The Morgan fingerprint density at radius 3 is 1.78 bits per heavy atom. The van der Waals surface area contributed by atoms with Crippen molar-refractivity contribution in [2.45, 2.75) is 16.0 Å². The van der Waals surface area contributed by atoms with Gasteiger partial charge in [0.25, 0.3) is 11.8 Å². The van der Waals surface area contributed by atoms with Crippen molar-refractivity contribution < 1.29 is 42.9 Å². The minimum absolute atomic E-state index is 0.141. The van der Waals surface area contributed by atoms with Gasteiger partial charge < -0.3 is 25.0 Å². The van der Waals surface area contributed by atoms with E-state index in [9.17, 15) is 38.1 Å². The topological polar surface area (TPSA) is 198 Å². The highest BCUT2D eigenvalue weighted by atomic mass is 35.5. The number of piperazine rings is 1. The lowest BCUT2D eigenvalue weighted by atomic mass is 9.84. The molecule has 244 valence electrons. The molecule has 46 heavy (non-hydrogen) atoms. The Morgan fingerprint density at radius 1 is 0.783 bits per heavy atom. The van der Waals surface area contributed by atoms with Crippen LogP contribution in [0.5, 0.6) is 11.5 Å². The summed E-state index contributed by atoms with van der Waals surface area (Å²) in [5.74, 6) is -0.577. The first-order valence-corrected chi connectivity index (χ1v) is 16.0. The van der Waals surface area contributed by atoms with Crippen LogP contribution in [0.15, 0.2) is 77.7 Å². The number of sulfonamides is 1. The minimum atomic E-state index is -4.19. The first-order valence-electron chi connectivity index (χ1n) is 14.1. The summed E-state index contributed by atoms with van der Waals surface area (Å²) in [6.45, 7) is -1.28. The molecule has 2 heterocycles. The van der Waals surface area contributed by atoms with E-state index >= 15 is 0 Å². The van der Waals surface area contributed by atoms with Crippen molar-refractivity contribution in [1.82, 2.24) is 20.3 Å². The molecule has 0 saturated carbocycles. The fourth-order valence-electron chi connectivity index (χ4n) is 5.38. The second-order valence-electron chi connectivity index (χ2n) is 10.9. The number of barbiturate groups is 1. The molecular weight excluding hydrogens is 642 g/mol. The van der Waals surface area contributed by atoms with Crippen LogP contribution >= 0.6 is 11.6 Å². The Bertz CT molecular complexity index is 1660. The number of amides is 4. The Labute approximate surface area is 269 Å². The van der Waals surface area contributed by atoms with Crippen molar-refractivity contribution in [1.29, 1.82) is 0 Å². The number of hydrogen-bond donors (Lipinski definition) is 6. The van der Waals surface area contributed by atoms with Gasteiger partial charge >= 0.3 is 6.03 Å². The summed E-state index contributed by atoms with van der Waals surface area (Å²) in [5, 5.41) is 33.5. The molecule has 0 aromatic heterocycles. The molecule has 0 spiro atoms. The predicted molar refractivity (Wildman–Crippen MR) is 166 cm³/mol. The van der Waals surface area contributed by atoms with Crippen LogP contribution in [0.2, 0.25) is 5.02 Å². The normalized spacial score (nSPS) is 17.4. The van der Waals surface area contributed by atoms with Gasteiger partial charge in [0, 0.05) is 36.9 Å². The van der Waals surface area contributed by atoms with E-state index in [0.29, 0.717) is 40.9 Å². The fourth-order valence-corrected chi connectivity index (χ4v) is 6.89. The molecule has 0 aliphatic carbocycles. The smallest absolute Gasteiger partial charge is 0.328 e. The van der Waals surface area contributed by atoms with Gasteiger partial charge in [-0.15, -0.1) is 0 Å². The largest absolute Gasteiger partial charge is 0.457 e.